The van der Waals surface area contributed by atoms with E-state index in [2.05, 4.69) is 25.7 Å². The van der Waals surface area contributed by atoms with Crippen LogP contribution in [0.15, 0.2) is 41.2 Å². The number of carbonyl (C=O) groups excluding carboxylic acids is 1. The third-order valence-electron chi connectivity index (χ3n) is 2.66. The molecule has 100 valence electrons. The number of anilines is 1. The minimum atomic E-state index is -0.390. The molecule has 0 aliphatic heterocycles. The Bertz CT molecular complexity index is 732. The maximum absolute atomic E-state index is 11.9. The fourth-order valence-electron chi connectivity index (χ4n) is 1.71. The van der Waals surface area contributed by atoms with Crippen molar-refractivity contribution in [3.05, 3.63) is 48.1 Å². The number of carbonyl (C=O) groups is 1. The Hall–Kier alpha value is -2.96. The van der Waals surface area contributed by atoms with Crippen LogP contribution in [-0.4, -0.2) is 26.2 Å². The summed E-state index contributed by atoms with van der Waals surface area (Å²) in [6, 6.07) is 6.99. The first-order valence-electron chi connectivity index (χ1n) is 5.93. The first kappa shape index (κ1) is 12.1. The highest BCUT2D eigenvalue weighted by atomic mass is 16.5. The summed E-state index contributed by atoms with van der Waals surface area (Å²) < 4.78 is 4.88. The highest BCUT2D eigenvalue weighted by Crippen LogP contribution is 2.19. The summed E-state index contributed by atoms with van der Waals surface area (Å²) in [5.41, 5.74) is 2.37. The van der Waals surface area contributed by atoms with Crippen LogP contribution in [-0.2, 0) is 0 Å². The van der Waals surface area contributed by atoms with Gasteiger partial charge in [-0.05, 0) is 19.1 Å². The molecule has 7 heteroatoms. The smallest absolute Gasteiger partial charge is 0.295 e. The molecule has 20 heavy (non-hydrogen) atoms. The predicted molar refractivity (Wildman–Crippen MR) is 71.0 cm³/mol. The molecule has 0 aliphatic carbocycles. The van der Waals surface area contributed by atoms with Crippen molar-refractivity contribution in [3.63, 3.8) is 0 Å². The first-order chi connectivity index (χ1) is 9.72. The lowest BCUT2D eigenvalue weighted by Crippen LogP contribution is -2.11. The standard InChI is InChI=1S/C13H11N5O2/c1-8-6-11(20-18-8)13(19)15-12-7-10(16-17-12)9-2-4-14-5-3-9/h2-7H,1H3,(H2,15,16,17,19). The van der Waals surface area contributed by atoms with Crippen molar-refractivity contribution in [2.24, 2.45) is 0 Å². The quantitative estimate of drug-likeness (QED) is 0.758. The largest absolute Gasteiger partial charge is 0.351 e. The van der Waals surface area contributed by atoms with Crippen molar-refractivity contribution in [2.75, 3.05) is 5.32 Å². The van der Waals surface area contributed by atoms with Crippen molar-refractivity contribution in [2.45, 2.75) is 6.92 Å². The number of rotatable bonds is 3. The summed E-state index contributed by atoms with van der Waals surface area (Å²) >= 11 is 0. The lowest BCUT2D eigenvalue weighted by molar-refractivity contribution is 0.0987. The number of aryl methyl sites for hydroxylation is 1. The molecule has 0 spiro atoms. The number of H-pyrrole nitrogens is 1. The van der Waals surface area contributed by atoms with Crippen LogP contribution in [0, 0.1) is 6.92 Å². The number of aromatic amines is 1. The van der Waals surface area contributed by atoms with E-state index in [1.54, 1.807) is 31.5 Å². The van der Waals surface area contributed by atoms with Crippen LogP contribution in [0.4, 0.5) is 5.82 Å². The molecular formula is C13H11N5O2. The van der Waals surface area contributed by atoms with Crippen LogP contribution in [0.5, 0.6) is 0 Å². The van der Waals surface area contributed by atoms with Gasteiger partial charge < -0.3 is 9.84 Å². The number of pyridine rings is 1. The Morgan fingerprint density at radius 2 is 2.10 bits per heavy atom. The monoisotopic (exact) mass is 269 g/mol. The van der Waals surface area contributed by atoms with Crippen molar-refractivity contribution in [1.82, 2.24) is 20.3 Å². The van der Waals surface area contributed by atoms with Crippen LogP contribution in [0.2, 0.25) is 0 Å². The maximum Gasteiger partial charge on any atom is 0.295 e. The molecule has 3 heterocycles. The molecule has 0 aliphatic rings. The Morgan fingerprint density at radius 3 is 2.80 bits per heavy atom. The van der Waals surface area contributed by atoms with E-state index in [9.17, 15) is 4.79 Å². The van der Waals surface area contributed by atoms with Gasteiger partial charge in [-0.1, -0.05) is 5.16 Å². The van der Waals surface area contributed by atoms with Crippen molar-refractivity contribution < 1.29 is 9.32 Å². The van der Waals surface area contributed by atoms with E-state index in [4.69, 9.17) is 4.52 Å². The molecule has 1 amide bonds. The van der Waals surface area contributed by atoms with Crippen molar-refractivity contribution in [3.8, 4) is 11.3 Å². The fourth-order valence-corrected chi connectivity index (χ4v) is 1.71. The van der Waals surface area contributed by atoms with Crippen LogP contribution >= 0.6 is 0 Å². The number of nitrogens with zero attached hydrogens (tertiary/aromatic N) is 3. The van der Waals surface area contributed by atoms with Gasteiger partial charge in [0.25, 0.3) is 5.91 Å². The van der Waals surface area contributed by atoms with E-state index in [0.29, 0.717) is 11.5 Å². The summed E-state index contributed by atoms with van der Waals surface area (Å²) in [5, 5.41) is 13.2. The molecule has 0 atom stereocenters. The van der Waals surface area contributed by atoms with Gasteiger partial charge in [0.2, 0.25) is 5.76 Å². The summed E-state index contributed by atoms with van der Waals surface area (Å²) in [7, 11) is 0. The molecule has 3 rings (SSSR count). The molecule has 3 aromatic heterocycles. The molecule has 0 fully saturated rings. The van der Waals surface area contributed by atoms with E-state index in [0.717, 1.165) is 11.3 Å². The highest BCUT2D eigenvalue weighted by Gasteiger charge is 2.13. The number of amides is 1. The predicted octanol–water partition coefficient (Wildman–Crippen LogP) is 2.02. The van der Waals surface area contributed by atoms with Gasteiger partial charge in [-0.15, -0.1) is 0 Å². The van der Waals surface area contributed by atoms with Gasteiger partial charge >= 0.3 is 0 Å². The number of hydrogen-bond acceptors (Lipinski definition) is 5. The molecule has 3 aromatic rings. The van der Waals surface area contributed by atoms with E-state index < -0.39 is 5.91 Å². The van der Waals surface area contributed by atoms with Crippen LogP contribution in [0.3, 0.4) is 0 Å². The zero-order valence-electron chi connectivity index (χ0n) is 10.6. The van der Waals surface area contributed by atoms with Gasteiger partial charge in [-0.2, -0.15) is 5.10 Å². The van der Waals surface area contributed by atoms with Gasteiger partial charge in [-0.3, -0.25) is 14.9 Å². The second-order valence-corrected chi connectivity index (χ2v) is 4.19. The third kappa shape index (κ3) is 2.41. The van der Waals surface area contributed by atoms with Gasteiger partial charge in [0.1, 0.15) is 0 Å². The zero-order chi connectivity index (χ0) is 13.9. The molecule has 2 N–H and O–H groups in total. The van der Waals surface area contributed by atoms with Crippen LogP contribution in [0.1, 0.15) is 16.2 Å². The summed E-state index contributed by atoms with van der Waals surface area (Å²) in [6.45, 7) is 1.75. The topological polar surface area (TPSA) is 96.7 Å². The molecular weight excluding hydrogens is 258 g/mol. The lowest BCUT2D eigenvalue weighted by Gasteiger charge is -1.96. The molecule has 0 saturated carbocycles. The molecule has 0 saturated heterocycles. The number of aromatic nitrogens is 4. The van der Waals surface area contributed by atoms with Crippen LogP contribution in [0.25, 0.3) is 11.3 Å². The summed E-state index contributed by atoms with van der Waals surface area (Å²) in [6.07, 6.45) is 3.37. The van der Waals surface area contributed by atoms with Gasteiger partial charge in [0.05, 0.1) is 11.4 Å². The average molecular weight is 269 g/mol. The van der Waals surface area contributed by atoms with E-state index >= 15 is 0 Å². The Balaban J connectivity index is 1.76. The zero-order valence-corrected chi connectivity index (χ0v) is 10.6. The summed E-state index contributed by atoms with van der Waals surface area (Å²) in [5.74, 6) is 0.171. The van der Waals surface area contributed by atoms with E-state index in [1.165, 1.54) is 0 Å². The van der Waals surface area contributed by atoms with E-state index in [1.807, 2.05) is 12.1 Å². The van der Waals surface area contributed by atoms with Gasteiger partial charge in [0, 0.05) is 30.1 Å². The lowest BCUT2D eigenvalue weighted by atomic mass is 10.2. The minimum absolute atomic E-state index is 0.149. The molecule has 0 bridgehead atoms. The maximum atomic E-state index is 11.9. The van der Waals surface area contributed by atoms with E-state index in [-0.39, 0.29) is 5.76 Å². The third-order valence-corrected chi connectivity index (χ3v) is 2.66. The number of nitrogens with one attached hydrogen (secondary N) is 2. The van der Waals surface area contributed by atoms with Gasteiger partial charge in [-0.25, -0.2) is 0 Å². The fraction of sp³-hybridized carbons (Fsp3) is 0.0769. The minimum Gasteiger partial charge on any atom is -0.351 e. The summed E-state index contributed by atoms with van der Waals surface area (Å²) in [4.78, 5) is 15.8. The molecule has 0 radical (unpaired) electrons. The Kier molecular flexibility index (Phi) is 3.00. The van der Waals surface area contributed by atoms with Crippen LogP contribution < -0.4 is 5.32 Å². The van der Waals surface area contributed by atoms with Crippen molar-refractivity contribution >= 4 is 11.7 Å². The highest BCUT2D eigenvalue weighted by molar-refractivity contribution is 6.01. The Labute approximate surface area is 114 Å². The van der Waals surface area contributed by atoms with Crippen molar-refractivity contribution in [1.29, 1.82) is 0 Å². The first-order valence-corrected chi connectivity index (χ1v) is 5.93. The normalized spacial score (nSPS) is 10.4. The molecule has 7 nitrogen and oxygen atoms in total. The Morgan fingerprint density at radius 1 is 1.30 bits per heavy atom. The molecule has 0 aromatic carbocycles. The molecule has 0 unspecified atom stereocenters. The van der Waals surface area contributed by atoms with Gasteiger partial charge in [0.15, 0.2) is 5.82 Å². The second-order valence-electron chi connectivity index (χ2n) is 4.19. The average Bonchev–Trinajstić information content (AvgIpc) is 3.09. The SMILES string of the molecule is Cc1cc(C(=O)Nc2cc(-c3ccncc3)[nH]n2)on1. The number of hydrogen-bond donors (Lipinski definition) is 2. The second kappa shape index (κ2) is 4.96.